The van der Waals surface area contributed by atoms with E-state index in [9.17, 15) is 26.3 Å². The van der Waals surface area contributed by atoms with Crippen LogP contribution < -0.4 is 5.32 Å². The van der Waals surface area contributed by atoms with Gasteiger partial charge in [0.1, 0.15) is 0 Å². The second-order valence-corrected chi connectivity index (χ2v) is 6.86. The van der Waals surface area contributed by atoms with Gasteiger partial charge in [-0.25, -0.2) is 0 Å². The van der Waals surface area contributed by atoms with Crippen molar-refractivity contribution >= 4 is 5.69 Å². The van der Waals surface area contributed by atoms with Crippen LogP contribution in [0.25, 0.3) is 0 Å². The molecule has 1 N–H and O–H groups in total. The molecule has 0 radical (unpaired) electrons. The van der Waals surface area contributed by atoms with E-state index in [1.807, 2.05) is 6.08 Å². The number of hydrogen-bond donors (Lipinski definition) is 1. The summed E-state index contributed by atoms with van der Waals surface area (Å²) in [5.41, 5.74) is -0.434. The minimum atomic E-state index is -4.50. The SMILES string of the molecule is FC(F)(F)c1ccc2c(c1)[C@@H]1C=CC[C@H]1[C@@H](c1ccccc1C(F)(F)F)N2. The fourth-order valence-corrected chi connectivity index (χ4v) is 4.10. The quantitative estimate of drug-likeness (QED) is 0.435. The third-order valence-electron chi connectivity index (χ3n) is 5.29. The van der Waals surface area contributed by atoms with Gasteiger partial charge >= 0.3 is 12.4 Å². The monoisotopic (exact) mass is 383 g/mol. The number of hydrogen-bond acceptors (Lipinski definition) is 1. The zero-order valence-corrected chi connectivity index (χ0v) is 13.9. The summed E-state index contributed by atoms with van der Waals surface area (Å²) in [6.45, 7) is 0. The highest BCUT2D eigenvalue weighted by Crippen LogP contribution is 2.52. The van der Waals surface area contributed by atoms with Crippen LogP contribution >= 0.6 is 0 Å². The maximum absolute atomic E-state index is 13.5. The molecule has 1 aliphatic carbocycles. The molecular weight excluding hydrogens is 368 g/mol. The highest BCUT2D eigenvalue weighted by Gasteiger charge is 2.43. The van der Waals surface area contributed by atoms with Crippen molar-refractivity contribution in [3.8, 4) is 0 Å². The molecule has 0 fully saturated rings. The van der Waals surface area contributed by atoms with Gasteiger partial charge in [0.15, 0.2) is 0 Å². The molecule has 4 rings (SSSR count). The van der Waals surface area contributed by atoms with Crippen molar-refractivity contribution in [3.05, 3.63) is 76.9 Å². The lowest BCUT2D eigenvalue weighted by Crippen LogP contribution is -2.31. The molecule has 0 amide bonds. The van der Waals surface area contributed by atoms with E-state index < -0.39 is 29.5 Å². The van der Waals surface area contributed by atoms with Gasteiger partial charge < -0.3 is 5.32 Å². The summed E-state index contributed by atoms with van der Waals surface area (Å²) < 4.78 is 79.6. The van der Waals surface area contributed by atoms with Crippen molar-refractivity contribution in [2.45, 2.75) is 30.7 Å². The molecule has 0 bridgehead atoms. The van der Waals surface area contributed by atoms with Crippen molar-refractivity contribution in [3.63, 3.8) is 0 Å². The number of alkyl halides is 6. The van der Waals surface area contributed by atoms with Crippen LogP contribution in [0.4, 0.5) is 32.0 Å². The molecule has 0 aromatic heterocycles. The first-order valence-electron chi connectivity index (χ1n) is 8.47. The van der Waals surface area contributed by atoms with Crippen LogP contribution in [0.2, 0.25) is 0 Å². The van der Waals surface area contributed by atoms with Crippen LogP contribution in [0, 0.1) is 5.92 Å². The Kier molecular flexibility index (Phi) is 4.01. The van der Waals surface area contributed by atoms with E-state index in [1.165, 1.54) is 18.2 Å². The lowest BCUT2D eigenvalue weighted by atomic mass is 9.75. The van der Waals surface area contributed by atoms with Crippen molar-refractivity contribution in [1.82, 2.24) is 0 Å². The van der Waals surface area contributed by atoms with Crippen molar-refractivity contribution in [2.24, 2.45) is 5.92 Å². The van der Waals surface area contributed by atoms with Crippen molar-refractivity contribution in [1.29, 1.82) is 0 Å². The maximum atomic E-state index is 13.5. The fraction of sp³-hybridized carbons (Fsp3) is 0.300. The van der Waals surface area contributed by atoms with Gasteiger partial charge in [-0.3, -0.25) is 0 Å². The molecule has 1 nitrogen and oxygen atoms in total. The van der Waals surface area contributed by atoms with Crippen molar-refractivity contribution < 1.29 is 26.3 Å². The Labute approximate surface area is 151 Å². The first kappa shape index (κ1) is 17.9. The fourth-order valence-electron chi connectivity index (χ4n) is 4.10. The number of allylic oxidation sites excluding steroid dienone is 2. The molecule has 7 heteroatoms. The van der Waals surface area contributed by atoms with E-state index in [2.05, 4.69) is 5.32 Å². The highest BCUT2D eigenvalue weighted by molar-refractivity contribution is 5.61. The van der Waals surface area contributed by atoms with Crippen LogP contribution in [0.5, 0.6) is 0 Å². The Morgan fingerprint density at radius 1 is 0.852 bits per heavy atom. The van der Waals surface area contributed by atoms with Gasteiger partial charge in [0.25, 0.3) is 0 Å². The number of halogens is 6. The zero-order chi connectivity index (χ0) is 19.4. The van der Waals surface area contributed by atoms with Gasteiger partial charge in [-0.05, 0) is 47.7 Å². The lowest BCUT2D eigenvalue weighted by molar-refractivity contribution is -0.139. The van der Waals surface area contributed by atoms with Gasteiger partial charge in [0.2, 0.25) is 0 Å². The summed E-state index contributed by atoms with van der Waals surface area (Å²) in [5, 5.41) is 3.07. The Hall–Kier alpha value is -2.44. The molecule has 1 heterocycles. The van der Waals surface area contributed by atoms with Crippen LogP contribution in [-0.4, -0.2) is 0 Å². The van der Waals surface area contributed by atoms with E-state index in [-0.39, 0.29) is 17.4 Å². The van der Waals surface area contributed by atoms with Gasteiger partial charge in [0, 0.05) is 11.6 Å². The first-order chi connectivity index (χ1) is 12.7. The molecule has 3 atom stereocenters. The highest BCUT2D eigenvalue weighted by atomic mass is 19.4. The number of fused-ring (bicyclic) bond motifs is 3. The number of rotatable bonds is 1. The number of anilines is 1. The maximum Gasteiger partial charge on any atom is 0.416 e. The predicted molar refractivity (Wildman–Crippen MR) is 89.2 cm³/mol. The average molecular weight is 383 g/mol. The topological polar surface area (TPSA) is 12.0 Å². The smallest absolute Gasteiger partial charge is 0.378 e. The normalized spacial score (nSPS) is 24.3. The van der Waals surface area contributed by atoms with Gasteiger partial charge in [-0.15, -0.1) is 0 Å². The van der Waals surface area contributed by atoms with Gasteiger partial charge in [0.05, 0.1) is 17.2 Å². The van der Waals surface area contributed by atoms with E-state index >= 15 is 0 Å². The van der Waals surface area contributed by atoms with Crippen LogP contribution in [0.3, 0.4) is 0 Å². The Morgan fingerprint density at radius 3 is 2.30 bits per heavy atom. The number of benzene rings is 2. The first-order valence-corrected chi connectivity index (χ1v) is 8.47. The molecule has 142 valence electrons. The molecule has 0 saturated heterocycles. The summed E-state index contributed by atoms with van der Waals surface area (Å²) in [6.07, 6.45) is -4.83. The minimum absolute atomic E-state index is 0.120. The lowest BCUT2D eigenvalue weighted by Gasteiger charge is -2.38. The Bertz CT molecular complexity index is 896. The zero-order valence-electron chi connectivity index (χ0n) is 13.9. The van der Waals surface area contributed by atoms with E-state index in [0.29, 0.717) is 17.7 Å². The van der Waals surface area contributed by atoms with Crippen LogP contribution in [0.15, 0.2) is 54.6 Å². The van der Waals surface area contributed by atoms with Gasteiger partial charge in [-0.2, -0.15) is 26.3 Å². The van der Waals surface area contributed by atoms with E-state index in [0.717, 1.165) is 18.2 Å². The molecule has 27 heavy (non-hydrogen) atoms. The molecule has 2 aliphatic rings. The molecule has 2 aromatic rings. The summed E-state index contributed by atoms with van der Waals surface area (Å²) >= 11 is 0. The minimum Gasteiger partial charge on any atom is -0.378 e. The third-order valence-corrected chi connectivity index (χ3v) is 5.29. The van der Waals surface area contributed by atoms with Crippen molar-refractivity contribution in [2.75, 3.05) is 5.32 Å². The summed E-state index contributed by atoms with van der Waals surface area (Å²) in [4.78, 5) is 0. The second kappa shape index (κ2) is 6.04. The third kappa shape index (κ3) is 3.09. The molecule has 1 aliphatic heterocycles. The molecule has 2 aromatic carbocycles. The number of nitrogens with one attached hydrogen (secondary N) is 1. The molecule has 0 unspecified atom stereocenters. The summed E-state index contributed by atoms with van der Waals surface area (Å²) in [7, 11) is 0. The predicted octanol–water partition coefficient (Wildman–Crippen LogP) is 6.55. The summed E-state index contributed by atoms with van der Waals surface area (Å²) in [6, 6.07) is 8.09. The molecule has 0 saturated carbocycles. The molecule has 0 spiro atoms. The summed E-state index contributed by atoms with van der Waals surface area (Å²) in [5.74, 6) is -0.626. The van der Waals surface area contributed by atoms with Crippen LogP contribution in [-0.2, 0) is 12.4 Å². The standard InChI is InChI=1S/C20H15F6N/c21-19(22,23)11-8-9-17-15(10-11)12-5-3-6-13(12)18(27-17)14-4-1-2-7-16(14)20(24,25)26/h1-5,7-10,12-13,18,27H,6H2/t12-,13-,18+/m1/s1. The Morgan fingerprint density at radius 2 is 1.59 bits per heavy atom. The van der Waals surface area contributed by atoms with E-state index in [4.69, 9.17) is 0 Å². The molecular formula is C20H15F6N. The van der Waals surface area contributed by atoms with E-state index in [1.54, 1.807) is 12.1 Å². The van der Waals surface area contributed by atoms with Gasteiger partial charge in [-0.1, -0.05) is 30.4 Å². The second-order valence-electron chi connectivity index (χ2n) is 6.86. The average Bonchev–Trinajstić information content (AvgIpc) is 3.09. The van der Waals surface area contributed by atoms with Crippen LogP contribution in [0.1, 0.15) is 40.6 Å². The largest absolute Gasteiger partial charge is 0.416 e. The Balaban J connectivity index is 1.80.